The number of aryl methyl sites for hydroxylation is 1. The van der Waals surface area contributed by atoms with Gasteiger partial charge < -0.3 is 10.2 Å². The van der Waals surface area contributed by atoms with Crippen molar-refractivity contribution >= 4 is 50.7 Å². The van der Waals surface area contributed by atoms with Gasteiger partial charge in [0.1, 0.15) is 6.04 Å². The zero-order valence-electron chi connectivity index (χ0n) is 23.2. The number of rotatable bonds is 12. The molecule has 0 bridgehead atoms. The first kappa shape index (κ1) is 31.5. The molecule has 7 nitrogen and oxygen atoms in total. The number of amides is 2. The van der Waals surface area contributed by atoms with Gasteiger partial charge in [0.2, 0.25) is 21.8 Å². The maximum absolute atomic E-state index is 13.8. The fraction of sp³-hybridized carbons (Fsp3) is 0.333. The zero-order chi connectivity index (χ0) is 29.4. The van der Waals surface area contributed by atoms with Gasteiger partial charge in [0, 0.05) is 48.6 Å². The minimum Gasteiger partial charge on any atom is -0.357 e. The van der Waals surface area contributed by atoms with Crippen LogP contribution in [0.1, 0.15) is 35.1 Å². The summed E-state index contributed by atoms with van der Waals surface area (Å²) in [5, 5.41) is 3.45. The Hall–Kier alpha value is -3.07. The molecule has 3 aromatic rings. The van der Waals surface area contributed by atoms with Gasteiger partial charge in [-0.15, -0.1) is 0 Å². The van der Waals surface area contributed by atoms with Crippen molar-refractivity contribution in [3.63, 3.8) is 0 Å². The molecule has 0 fully saturated rings. The third-order valence-corrected chi connectivity index (χ3v) is 8.79. The number of hydrogen-bond donors (Lipinski definition) is 1. The van der Waals surface area contributed by atoms with Gasteiger partial charge in [0.25, 0.3) is 0 Å². The maximum atomic E-state index is 13.8. The standard InChI is InChI=1S/C30H35Cl2N3O4S/c1-21-11-8-16-27(22(21)2)35(40(4,38)39)18-10-17-29(36)34(20-24-25(31)14-9-15-26(24)32)28(30(37)33-3)19-23-12-6-5-7-13-23/h5-9,11-16,28H,10,17-20H2,1-4H3,(H,33,37)/t28-/m0/s1. The molecule has 214 valence electrons. The topological polar surface area (TPSA) is 86.8 Å². The van der Waals surface area contributed by atoms with E-state index in [2.05, 4.69) is 5.32 Å². The molecule has 0 spiro atoms. The average Bonchev–Trinajstić information content (AvgIpc) is 2.91. The van der Waals surface area contributed by atoms with E-state index in [9.17, 15) is 18.0 Å². The van der Waals surface area contributed by atoms with Crippen LogP contribution >= 0.6 is 23.2 Å². The lowest BCUT2D eigenvalue weighted by molar-refractivity contribution is -0.141. The summed E-state index contributed by atoms with van der Waals surface area (Å²) >= 11 is 12.9. The van der Waals surface area contributed by atoms with E-state index in [0.29, 0.717) is 21.3 Å². The molecule has 2 amide bonds. The number of nitrogens with one attached hydrogen (secondary N) is 1. The first-order valence-corrected chi connectivity index (χ1v) is 15.6. The van der Waals surface area contributed by atoms with Crippen molar-refractivity contribution in [3.05, 3.63) is 99.0 Å². The van der Waals surface area contributed by atoms with Crippen LogP contribution < -0.4 is 9.62 Å². The Morgan fingerprint density at radius 3 is 2.15 bits per heavy atom. The summed E-state index contributed by atoms with van der Waals surface area (Å²) < 4.78 is 26.7. The predicted molar refractivity (Wildman–Crippen MR) is 162 cm³/mol. The summed E-state index contributed by atoms with van der Waals surface area (Å²) in [6, 6.07) is 19.2. The molecule has 0 aromatic heterocycles. The Bertz CT molecular complexity index is 1430. The number of anilines is 1. The highest BCUT2D eigenvalue weighted by atomic mass is 35.5. The first-order valence-electron chi connectivity index (χ1n) is 13.0. The first-order chi connectivity index (χ1) is 18.9. The molecule has 0 aliphatic carbocycles. The largest absolute Gasteiger partial charge is 0.357 e. The molecule has 1 atom stereocenters. The van der Waals surface area contributed by atoms with E-state index in [0.717, 1.165) is 22.9 Å². The molecule has 3 rings (SSSR count). The van der Waals surface area contributed by atoms with Crippen LogP contribution in [-0.4, -0.2) is 51.0 Å². The highest BCUT2D eigenvalue weighted by Crippen LogP contribution is 2.28. The van der Waals surface area contributed by atoms with Crippen LogP contribution in [0.15, 0.2) is 66.7 Å². The summed E-state index contributed by atoms with van der Waals surface area (Å²) in [5.41, 5.74) is 3.84. The molecule has 0 saturated heterocycles. The van der Waals surface area contributed by atoms with Gasteiger partial charge in [-0.05, 0) is 55.2 Å². The van der Waals surface area contributed by atoms with Gasteiger partial charge in [-0.2, -0.15) is 0 Å². The second-order valence-corrected chi connectivity index (χ2v) is 12.4. The lowest BCUT2D eigenvalue weighted by Gasteiger charge is -2.32. The number of nitrogens with zero attached hydrogens (tertiary/aromatic N) is 2. The molecule has 0 heterocycles. The van der Waals surface area contributed by atoms with Crippen molar-refractivity contribution < 1.29 is 18.0 Å². The van der Waals surface area contributed by atoms with Crippen molar-refractivity contribution in [1.82, 2.24) is 10.2 Å². The van der Waals surface area contributed by atoms with Gasteiger partial charge in [0.15, 0.2) is 0 Å². The SMILES string of the molecule is CNC(=O)[C@H](Cc1ccccc1)N(Cc1c(Cl)cccc1Cl)C(=O)CCCN(c1cccc(C)c1C)S(C)(=O)=O. The van der Waals surface area contributed by atoms with Crippen LogP contribution in [0.25, 0.3) is 0 Å². The van der Waals surface area contributed by atoms with E-state index in [1.807, 2.05) is 56.3 Å². The van der Waals surface area contributed by atoms with E-state index in [4.69, 9.17) is 23.2 Å². The number of carbonyl (C=O) groups excluding carboxylic acids is 2. The number of sulfonamides is 1. The number of carbonyl (C=O) groups is 2. The van der Waals surface area contributed by atoms with E-state index < -0.39 is 16.1 Å². The Labute approximate surface area is 247 Å². The van der Waals surface area contributed by atoms with E-state index in [1.165, 1.54) is 16.3 Å². The monoisotopic (exact) mass is 603 g/mol. The van der Waals surface area contributed by atoms with Crippen molar-refractivity contribution in [1.29, 1.82) is 0 Å². The lowest BCUT2D eigenvalue weighted by Crippen LogP contribution is -2.50. The molecule has 3 aromatic carbocycles. The highest BCUT2D eigenvalue weighted by Gasteiger charge is 2.31. The van der Waals surface area contributed by atoms with E-state index >= 15 is 0 Å². The number of hydrogen-bond acceptors (Lipinski definition) is 4. The van der Waals surface area contributed by atoms with Crippen LogP contribution in [0.5, 0.6) is 0 Å². The maximum Gasteiger partial charge on any atom is 0.242 e. The minimum absolute atomic E-state index is 0.0151. The summed E-state index contributed by atoms with van der Waals surface area (Å²) in [6.07, 6.45) is 1.70. The van der Waals surface area contributed by atoms with Crippen molar-refractivity contribution in [2.75, 3.05) is 24.2 Å². The van der Waals surface area contributed by atoms with Gasteiger partial charge in [-0.1, -0.05) is 71.7 Å². The normalized spacial score (nSPS) is 12.1. The summed E-state index contributed by atoms with van der Waals surface area (Å²) in [5.74, 6) is -0.636. The van der Waals surface area contributed by atoms with Gasteiger partial charge in [-0.3, -0.25) is 13.9 Å². The fourth-order valence-electron chi connectivity index (χ4n) is 4.56. The summed E-state index contributed by atoms with van der Waals surface area (Å²) in [4.78, 5) is 28.4. The smallest absolute Gasteiger partial charge is 0.242 e. The number of likely N-dealkylation sites (N-methyl/N-ethyl adjacent to an activating group) is 1. The van der Waals surface area contributed by atoms with E-state index in [1.54, 1.807) is 24.3 Å². The second-order valence-electron chi connectivity index (χ2n) is 9.70. The zero-order valence-corrected chi connectivity index (χ0v) is 25.5. The van der Waals surface area contributed by atoms with Crippen LogP contribution in [0.4, 0.5) is 5.69 Å². The fourth-order valence-corrected chi connectivity index (χ4v) is 6.10. The Kier molecular flexibility index (Phi) is 11.0. The molecule has 0 radical (unpaired) electrons. The molecular weight excluding hydrogens is 569 g/mol. The van der Waals surface area contributed by atoms with Crippen LogP contribution in [0.3, 0.4) is 0 Å². The Morgan fingerprint density at radius 1 is 0.925 bits per heavy atom. The van der Waals surface area contributed by atoms with Crippen LogP contribution in [0.2, 0.25) is 10.0 Å². The molecule has 0 aliphatic rings. The molecule has 0 saturated carbocycles. The van der Waals surface area contributed by atoms with Crippen molar-refractivity contribution in [2.45, 2.75) is 45.7 Å². The Balaban J connectivity index is 1.91. The molecule has 10 heteroatoms. The molecular formula is C30H35Cl2N3O4S. The Morgan fingerprint density at radius 2 is 1.55 bits per heavy atom. The highest BCUT2D eigenvalue weighted by molar-refractivity contribution is 7.92. The molecule has 0 unspecified atom stereocenters. The lowest BCUT2D eigenvalue weighted by atomic mass is 10.0. The third-order valence-electron chi connectivity index (χ3n) is 6.90. The van der Waals surface area contributed by atoms with Crippen LogP contribution in [0, 0.1) is 13.8 Å². The number of halogens is 2. The summed E-state index contributed by atoms with van der Waals surface area (Å²) in [6.45, 7) is 3.93. The third kappa shape index (κ3) is 7.99. The van der Waals surface area contributed by atoms with Gasteiger partial charge in [0.05, 0.1) is 11.9 Å². The number of benzene rings is 3. The van der Waals surface area contributed by atoms with Crippen LogP contribution in [-0.2, 0) is 32.6 Å². The summed E-state index contributed by atoms with van der Waals surface area (Å²) in [7, 11) is -2.07. The minimum atomic E-state index is -3.60. The second kappa shape index (κ2) is 14.0. The predicted octanol–water partition coefficient (Wildman–Crippen LogP) is 5.54. The van der Waals surface area contributed by atoms with E-state index in [-0.39, 0.29) is 44.2 Å². The van der Waals surface area contributed by atoms with Gasteiger partial charge >= 0.3 is 0 Å². The molecule has 0 aliphatic heterocycles. The quantitative estimate of drug-likeness (QED) is 0.294. The van der Waals surface area contributed by atoms with Gasteiger partial charge in [-0.25, -0.2) is 8.42 Å². The van der Waals surface area contributed by atoms with Crippen molar-refractivity contribution in [3.8, 4) is 0 Å². The average molecular weight is 605 g/mol. The molecule has 1 N–H and O–H groups in total. The molecule has 40 heavy (non-hydrogen) atoms. The van der Waals surface area contributed by atoms with Crippen molar-refractivity contribution in [2.24, 2.45) is 0 Å².